The lowest BCUT2D eigenvalue weighted by atomic mass is 9.78. The van der Waals surface area contributed by atoms with E-state index in [-0.39, 0.29) is 54.7 Å². The van der Waals surface area contributed by atoms with Gasteiger partial charge in [-0.15, -0.1) is 0 Å². The van der Waals surface area contributed by atoms with Gasteiger partial charge in [0.15, 0.2) is 0 Å². The summed E-state index contributed by atoms with van der Waals surface area (Å²) in [6.07, 6.45) is 5.14. The minimum Gasteiger partial charge on any atom is -0.478 e. The van der Waals surface area contributed by atoms with Crippen molar-refractivity contribution < 1.29 is 27.7 Å². The highest BCUT2D eigenvalue weighted by atomic mass is 35.5. The Morgan fingerprint density at radius 3 is 2.20 bits per heavy atom. The quantitative estimate of drug-likeness (QED) is 0.0811. The number of halogens is 3. The molecule has 0 saturated carbocycles. The van der Waals surface area contributed by atoms with E-state index in [1.54, 1.807) is 6.92 Å². The largest absolute Gasteiger partial charge is 0.478 e. The van der Waals surface area contributed by atoms with E-state index in [1.165, 1.54) is 7.05 Å². The van der Waals surface area contributed by atoms with E-state index in [1.807, 2.05) is 53.7 Å². The molecule has 1 heterocycles. The van der Waals surface area contributed by atoms with Gasteiger partial charge in [0.25, 0.3) is 16.0 Å². The summed E-state index contributed by atoms with van der Waals surface area (Å²) in [4.78, 5) is 26.0. The van der Waals surface area contributed by atoms with E-state index in [9.17, 15) is 27.7 Å². The van der Waals surface area contributed by atoms with Crippen molar-refractivity contribution in [3.8, 4) is 0 Å². The van der Waals surface area contributed by atoms with Crippen molar-refractivity contribution in [2.45, 2.75) is 116 Å². The number of hydrogen-bond donors (Lipinski definition) is 5. The SMILES string of the molecule is CCCC(=CC(CC)=C(c1cc2c(c(S(=O)(=O)O)c1C)NC(C)(C)CC2C)c1c(Cl)c(C(=O)NC)c(Cl)c(Cl)c1C(=O)O)C(C)CC(C)(C)N. The lowest BCUT2D eigenvalue weighted by Gasteiger charge is -2.39. The Kier molecular flexibility index (Phi) is 13.0. The Labute approximate surface area is 311 Å². The first-order valence-corrected chi connectivity index (χ1v) is 19.3. The van der Waals surface area contributed by atoms with Crippen LogP contribution < -0.4 is 16.4 Å². The molecule has 2 aromatic carbocycles. The Balaban J connectivity index is 2.79. The van der Waals surface area contributed by atoms with Crippen LogP contribution in [0.2, 0.25) is 15.1 Å². The first-order chi connectivity index (χ1) is 22.9. The van der Waals surface area contributed by atoms with Crippen LogP contribution in [0, 0.1) is 12.8 Å². The highest BCUT2D eigenvalue weighted by Gasteiger charge is 2.38. The molecule has 6 N–H and O–H groups in total. The van der Waals surface area contributed by atoms with Crippen LogP contribution in [0.1, 0.15) is 136 Å². The zero-order valence-electron chi connectivity index (χ0n) is 30.5. The van der Waals surface area contributed by atoms with Crippen LogP contribution >= 0.6 is 34.8 Å². The number of benzene rings is 2. The maximum Gasteiger partial charge on any atom is 0.337 e. The van der Waals surface area contributed by atoms with Crippen LogP contribution in [0.4, 0.5) is 5.69 Å². The molecular weight excluding hydrogens is 721 g/mol. The molecule has 0 radical (unpaired) electrons. The fraction of sp³-hybridized carbons (Fsp3) is 0.514. The van der Waals surface area contributed by atoms with E-state index >= 15 is 0 Å². The maximum absolute atomic E-state index is 13.3. The van der Waals surface area contributed by atoms with Gasteiger partial charge in [0.2, 0.25) is 0 Å². The average Bonchev–Trinajstić information content (AvgIpc) is 2.96. The van der Waals surface area contributed by atoms with Crippen molar-refractivity contribution >= 4 is 68.1 Å². The summed E-state index contributed by atoms with van der Waals surface area (Å²) in [5.74, 6) is -2.30. The third-order valence-electron chi connectivity index (χ3n) is 9.20. The first-order valence-electron chi connectivity index (χ1n) is 16.7. The van der Waals surface area contributed by atoms with Gasteiger partial charge in [0, 0.05) is 23.7 Å². The van der Waals surface area contributed by atoms with Gasteiger partial charge >= 0.3 is 5.97 Å². The molecule has 13 heteroatoms. The van der Waals surface area contributed by atoms with Crippen LogP contribution in [0.5, 0.6) is 0 Å². The van der Waals surface area contributed by atoms with Crippen molar-refractivity contribution in [3.63, 3.8) is 0 Å². The number of nitrogens with two attached hydrogens (primary N) is 1. The molecule has 1 aliphatic heterocycles. The second kappa shape index (κ2) is 15.6. The Bertz CT molecular complexity index is 1880. The molecule has 0 bridgehead atoms. The number of anilines is 1. The molecule has 276 valence electrons. The van der Waals surface area contributed by atoms with Crippen LogP contribution in [-0.4, -0.2) is 48.1 Å². The number of amides is 1. The van der Waals surface area contributed by atoms with E-state index in [2.05, 4.69) is 24.5 Å². The fourth-order valence-corrected chi connectivity index (χ4v) is 9.16. The van der Waals surface area contributed by atoms with Gasteiger partial charge < -0.3 is 21.5 Å². The third-order valence-corrected chi connectivity index (χ3v) is 11.5. The maximum atomic E-state index is 13.3. The molecule has 9 nitrogen and oxygen atoms in total. The number of aromatic carboxylic acids is 1. The normalized spacial score (nSPS) is 17.4. The van der Waals surface area contributed by atoms with E-state index in [0.29, 0.717) is 42.4 Å². The van der Waals surface area contributed by atoms with Crippen molar-refractivity contribution in [3.05, 3.63) is 71.7 Å². The van der Waals surface area contributed by atoms with Crippen LogP contribution in [0.25, 0.3) is 5.57 Å². The molecule has 1 aliphatic rings. The van der Waals surface area contributed by atoms with Gasteiger partial charge in [-0.3, -0.25) is 9.35 Å². The fourth-order valence-electron chi connectivity index (χ4n) is 7.27. The number of rotatable bonds is 12. The smallest absolute Gasteiger partial charge is 0.337 e. The summed E-state index contributed by atoms with van der Waals surface area (Å²) in [5.41, 5.74) is 7.97. The van der Waals surface area contributed by atoms with E-state index in [0.717, 1.165) is 12.0 Å². The summed E-state index contributed by atoms with van der Waals surface area (Å²) >= 11 is 20.3. The van der Waals surface area contributed by atoms with Gasteiger partial charge in [-0.1, -0.05) is 80.6 Å². The number of fused-ring (bicyclic) bond motifs is 1. The highest BCUT2D eigenvalue weighted by Crippen LogP contribution is 2.50. The molecule has 0 saturated heterocycles. The van der Waals surface area contributed by atoms with Gasteiger partial charge in [0.1, 0.15) is 4.90 Å². The number of carbonyl (C=O) groups is 2. The molecule has 2 aromatic rings. The lowest BCUT2D eigenvalue weighted by Crippen LogP contribution is -2.37. The van der Waals surface area contributed by atoms with Crippen molar-refractivity contribution in [1.82, 2.24) is 5.32 Å². The monoisotopic (exact) mass is 769 g/mol. The number of carboxylic acids is 1. The molecule has 0 aromatic heterocycles. The summed E-state index contributed by atoms with van der Waals surface area (Å²) in [6.45, 7) is 17.3. The number of carbonyl (C=O) groups excluding carboxylic acids is 1. The standard InChI is InChI=1S/C37H50Cl3N3O6S/c1-11-13-22(18(3)16-36(6,7)41)14-21(12-2)25(26-27(35(45)46)30(39)31(40)28(29(26)38)34(44)42-10)24-15-23-19(4)17-37(8,9)43-32(23)33(20(24)5)50(47,48)49/h14-15,18-19,43H,11-13,16-17,41H2,1-10H3,(H,42,44)(H,45,46)(H,47,48,49). The molecule has 3 rings (SSSR count). The van der Waals surface area contributed by atoms with Crippen LogP contribution in [0.3, 0.4) is 0 Å². The predicted molar refractivity (Wildman–Crippen MR) is 205 cm³/mol. The molecule has 0 spiro atoms. The zero-order chi connectivity index (χ0) is 38.3. The lowest BCUT2D eigenvalue weighted by molar-refractivity contribution is 0.0696. The van der Waals surface area contributed by atoms with Crippen LogP contribution in [-0.2, 0) is 10.1 Å². The number of hydrogen-bond acceptors (Lipinski definition) is 6. The van der Waals surface area contributed by atoms with Gasteiger partial charge in [0.05, 0.1) is 31.9 Å². The summed E-state index contributed by atoms with van der Waals surface area (Å²) in [5, 5.41) is 15.5. The topological polar surface area (TPSA) is 159 Å². The Morgan fingerprint density at radius 1 is 1.14 bits per heavy atom. The number of carboxylic acid groups (broad SMARTS) is 1. The number of nitrogens with one attached hydrogen (secondary N) is 2. The third kappa shape index (κ3) is 8.70. The number of allylic oxidation sites excluding steroid dienone is 3. The molecule has 50 heavy (non-hydrogen) atoms. The molecule has 0 fully saturated rings. The van der Waals surface area contributed by atoms with Gasteiger partial charge in [-0.05, 0) is 106 Å². The molecule has 2 unspecified atom stereocenters. The molecule has 0 aliphatic carbocycles. The van der Waals surface area contributed by atoms with E-state index < -0.39 is 43.7 Å². The molecular formula is C37H50Cl3N3O6S. The Hall–Kier alpha value is -2.60. The van der Waals surface area contributed by atoms with Gasteiger partial charge in [-0.25, -0.2) is 4.79 Å². The minimum atomic E-state index is -4.84. The van der Waals surface area contributed by atoms with Crippen molar-refractivity contribution in [2.24, 2.45) is 11.7 Å². The van der Waals surface area contributed by atoms with Crippen LogP contribution in [0.15, 0.2) is 28.2 Å². The summed E-state index contributed by atoms with van der Waals surface area (Å²) in [7, 11) is -3.46. The first kappa shape index (κ1) is 41.8. The van der Waals surface area contributed by atoms with Crippen molar-refractivity contribution in [1.29, 1.82) is 0 Å². The second-order valence-electron chi connectivity index (χ2n) is 14.7. The zero-order valence-corrected chi connectivity index (χ0v) is 33.6. The highest BCUT2D eigenvalue weighted by molar-refractivity contribution is 7.86. The molecule has 2 atom stereocenters. The summed E-state index contributed by atoms with van der Waals surface area (Å²) in [6, 6.07) is 1.82. The average molecular weight is 771 g/mol. The van der Waals surface area contributed by atoms with Gasteiger partial charge in [-0.2, -0.15) is 8.42 Å². The Morgan fingerprint density at radius 2 is 1.72 bits per heavy atom. The van der Waals surface area contributed by atoms with Crippen molar-refractivity contribution in [2.75, 3.05) is 12.4 Å². The molecule has 1 amide bonds. The minimum absolute atomic E-state index is 0.0202. The summed E-state index contributed by atoms with van der Waals surface area (Å²) < 4.78 is 37.3. The van der Waals surface area contributed by atoms with E-state index in [4.69, 9.17) is 40.5 Å². The predicted octanol–water partition coefficient (Wildman–Crippen LogP) is 9.66. The second-order valence-corrected chi connectivity index (χ2v) is 17.2.